The summed E-state index contributed by atoms with van der Waals surface area (Å²) in [5, 5.41) is 17.7. The summed E-state index contributed by atoms with van der Waals surface area (Å²) in [5.41, 5.74) is 1.62. The smallest absolute Gasteiger partial charge is 0.311 e. The summed E-state index contributed by atoms with van der Waals surface area (Å²) in [7, 11) is 0. The van der Waals surface area contributed by atoms with Crippen LogP contribution in [0.15, 0.2) is 36.7 Å². The fourth-order valence-corrected chi connectivity index (χ4v) is 4.46. The summed E-state index contributed by atoms with van der Waals surface area (Å²) in [6.07, 6.45) is 23.8. The number of para-hydroxylation sites is 1. The lowest BCUT2D eigenvalue weighted by atomic mass is 9.91. The van der Waals surface area contributed by atoms with Crippen molar-refractivity contribution in [2.45, 2.75) is 116 Å². The molecule has 2 rings (SSSR count). The zero-order valence-electron chi connectivity index (χ0n) is 20.1. The molecule has 1 aromatic carbocycles. The molecule has 0 aliphatic rings. The quantitative estimate of drug-likeness (QED) is 0.227. The third-order valence-corrected chi connectivity index (χ3v) is 6.38. The molecule has 1 unspecified atom stereocenters. The van der Waals surface area contributed by atoms with Crippen molar-refractivity contribution < 1.29 is 9.90 Å². The van der Waals surface area contributed by atoms with E-state index in [1.54, 1.807) is 17.1 Å². The van der Waals surface area contributed by atoms with Crippen molar-refractivity contribution in [1.29, 1.82) is 0 Å². The van der Waals surface area contributed by atoms with Gasteiger partial charge in [0.15, 0.2) is 0 Å². The van der Waals surface area contributed by atoms with Gasteiger partial charge in [-0.2, -0.15) is 0 Å². The molecular weight excluding hydrogens is 398 g/mol. The molecule has 0 amide bonds. The molecule has 0 saturated heterocycles. The van der Waals surface area contributed by atoms with E-state index in [0.29, 0.717) is 6.42 Å². The number of unbranched alkanes of at least 4 members (excludes halogenated alkanes) is 14. The summed E-state index contributed by atoms with van der Waals surface area (Å²) in [4.78, 5) is 12.0. The van der Waals surface area contributed by atoms with Gasteiger partial charge in [0, 0.05) is 0 Å². The molecule has 178 valence electrons. The van der Waals surface area contributed by atoms with E-state index in [4.69, 9.17) is 0 Å². The van der Waals surface area contributed by atoms with Crippen molar-refractivity contribution in [3.05, 3.63) is 42.2 Å². The Kier molecular flexibility index (Phi) is 13.4. The fourth-order valence-electron chi connectivity index (χ4n) is 4.46. The largest absolute Gasteiger partial charge is 0.481 e. The van der Waals surface area contributed by atoms with E-state index in [0.717, 1.165) is 24.1 Å². The van der Waals surface area contributed by atoms with Crippen LogP contribution in [0.2, 0.25) is 0 Å². The first-order chi connectivity index (χ1) is 15.7. The number of carboxylic acids is 1. The van der Waals surface area contributed by atoms with Gasteiger partial charge >= 0.3 is 5.97 Å². The minimum Gasteiger partial charge on any atom is -0.481 e. The summed E-state index contributed by atoms with van der Waals surface area (Å²) >= 11 is 0. The first-order valence-electron chi connectivity index (χ1n) is 12.9. The highest BCUT2D eigenvalue weighted by Crippen LogP contribution is 2.28. The third kappa shape index (κ3) is 9.97. The van der Waals surface area contributed by atoms with Crippen LogP contribution in [0.1, 0.15) is 121 Å². The van der Waals surface area contributed by atoms with E-state index in [1.807, 2.05) is 24.3 Å². The van der Waals surface area contributed by atoms with Crippen LogP contribution < -0.4 is 0 Å². The predicted octanol–water partition coefficient (Wildman–Crippen LogP) is 7.70. The van der Waals surface area contributed by atoms with Gasteiger partial charge in [0.25, 0.3) is 0 Å². The molecule has 0 spiro atoms. The molecule has 1 heterocycles. The van der Waals surface area contributed by atoms with E-state index in [9.17, 15) is 9.90 Å². The van der Waals surface area contributed by atoms with Gasteiger partial charge in [0.05, 0.1) is 24.0 Å². The van der Waals surface area contributed by atoms with Crippen molar-refractivity contribution >= 4 is 5.97 Å². The van der Waals surface area contributed by atoms with Crippen LogP contribution in [0.3, 0.4) is 0 Å². The molecule has 32 heavy (non-hydrogen) atoms. The molecule has 0 bridgehead atoms. The highest BCUT2D eigenvalue weighted by atomic mass is 16.4. The molecule has 0 radical (unpaired) electrons. The van der Waals surface area contributed by atoms with E-state index in [-0.39, 0.29) is 0 Å². The van der Waals surface area contributed by atoms with Gasteiger partial charge in [-0.3, -0.25) is 4.79 Å². The van der Waals surface area contributed by atoms with Crippen LogP contribution >= 0.6 is 0 Å². The Hall–Kier alpha value is -2.17. The minimum absolute atomic E-state index is 0.502. The maximum Gasteiger partial charge on any atom is 0.311 e. The Balaban J connectivity index is 1.56. The Bertz CT molecular complexity index is 730. The summed E-state index contributed by atoms with van der Waals surface area (Å²) in [5.74, 6) is -1.26. The zero-order valence-corrected chi connectivity index (χ0v) is 20.1. The van der Waals surface area contributed by atoms with Crippen molar-refractivity contribution in [3.63, 3.8) is 0 Å². The van der Waals surface area contributed by atoms with Crippen LogP contribution in [-0.4, -0.2) is 26.1 Å². The highest BCUT2D eigenvalue weighted by Gasteiger charge is 2.23. The van der Waals surface area contributed by atoms with Crippen molar-refractivity contribution in [2.24, 2.45) is 0 Å². The average molecular weight is 442 g/mol. The zero-order chi connectivity index (χ0) is 22.9. The second-order valence-electron chi connectivity index (χ2n) is 9.04. The molecule has 5 nitrogen and oxygen atoms in total. The lowest BCUT2D eigenvalue weighted by Crippen LogP contribution is -2.14. The van der Waals surface area contributed by atoms with Gasteiger partial charge in [-0.15, -0.1) is 5.10 Å². The molecule has 0 aliphatic carbocycles. The van der Waals surface area contributed by atoms with E-state index < -0.39 is 11.9 Å². The monoisotopic (exact) mass is 441 g/mol. The number of carbonyl (C=O) groups is 1. The number of benzene rings is 1. The number of aromatic nitrogens is 3. The topological polar surface area (TPSA) is 68.0 Å². The van der Waals surface area contributed by atoms with Gasteiger partial charge < -0.3 is 5.11 Å². The second kappa shape index (κ2) is 16.5. The number of rotatable bonds is 19. The minimum atomic E-state index is -0.761. The van der Waals surface area contributed by atoms with E-state index in [2.05, 4.69) is 17.2 Å². The molecule has 2 aromatic rings. The van der Waals surface area contributed by atoms with Crippen LogP contribution in [0.5, 0.6) is 0 Å². The number of aliphatic carboxylic acids is 1. The lowest BCUT2D eigenvalue weighted by Gasteiger charge is -2.16. The number of carboxylic acid groups (broad SMARTS) is 1. The van der Waals surface area contributed by atoms with Crippen LogP contribution in [-0.2, 0) is 4.79 Å². The maximum absolute atomic E-state index is 12.0. The fraction of sp³-hybridized carbons (Fsp3) is 0.667. The predicted molar refractivity (Wildman–Crippen MR) is 131 cm³/mol. The summed E-state index contributed by atoms with van der Waals surface area (Å²) in [6, 6.07) is 7.62. The van der Waals surface area contributed by atoms with Gasteiger partial charge in [-0.1, -0.05) is 127 Å². The first kappa shape index (κ1) is 26.1. The van der Waals surface area contributed by atoms with Gasteiger partial charge in [-0.25, -0.2) is 4.68 Å². The molecule has 5 heteroatoms. The Morgan fingerprint density at radius 3 is 1.88 bits per heavy atom. The van der Waals surface area contributed by atoms with E-state index >= 15 is 0 Å². The average Bonchev–Trinajstić information content (AvgIpc) is 3.33. The van der Waals surface area contributed by atoms with Crippen LogP contribution in [0.25, 0.3) is 5.69 Å². The van der Waals surface area contributed by atoms with Crippen molar-refractivity contribution in [1.82, 2.24) is 15.0 Å². The number of hydrogen-bond acceptors (Lipinski definition) is 3. The Labute approximate surface area is 194 Å². The normalized spacial score (nSPS) is 12.2. The molecule has 0 saturated carbocycles. The molecule has 1 aromatic heterocycles. The highest BCUT2D eigenvalue weighted by molar-refractivity contribution is 5.77. The Morgan fingerprint density at radius 2 is 1.38 bits per heavy atom. The van der Waals surface area contributed by atoms with Crippen molar-refractivity contribution in [3.8, 4) is 5.69 Å². The van der Waals surface area contributed by atoms with E-state index in [1.165, 1.54) is 83.5 Å². The van der Waals surface area contributed by atoms with Crippen LogP contribution in [0, 0.1) is 0 Å². The lowest BCUT2D eigenvalue weighted by molar-refractivity contribution is -0.139. The van der Waals surface area contributed by atoms with Crippen molar-refractivity contribution in [2.75, 3.05) is 0 Å². The molecule has 1 N–H and O–H groups in total. The molecule has 0 aliphatic heterocycles. The van der Waals surface area contributed by atoms with Gasteiger partial charge in [-0.05, 0) is 18.1 Å². The summed E-state index contributed by atoms with van der Waals surface area (Å²) < 4.78 is 1.65. The number of hydrogen-bond donors (Lipinski definition) is 1. The SMILES string of the molecule is CCCCCCCCCCCCCCCCCC(C(=O)O)c1ccccc1-n1ccnn1. The molecular formula is C27H43N3O2. The molecule has 1 atom stereocenters. The maximum atomic E-state index is 12.0. The first-order valence-corrected chi connectivity index (χ1v) is 12.9. The summed E-state index contributed by atoms with van der Waals surface area (Å²) in [6.45, 7) is 2.27. The number of nitrogens with zero attached hydrogens (tertiary/aromatic N) is 3. The van der Waals surface area contributed by atoms with Gasteiger partial charge in [0.1, 0.15) is 0 Å². The Morgan fingerprint density at radius 1 is 0.844 bits per heavy atom. The third-order valence-electron chi connectivity index (χ3n) is 6.38. The van der Waals surface area contributed by atoms with Crippen LogP contribution in [0.4, 0.5) is 0 Å². The second-order valence-corrected chi connectivity index (χ2v) is 9.04. The molecule has 0 fully saturated rings. The van der Waals surface area contributed by atoms with Gasteiger partial charge in [0.2, 0.25) is 0 Å². The standard InChI is InChI=1S/C27H43N3O2/c1-2-3-4-5-6-7-8-9-10-11-12-13-14-15-16-20-25(27(31)32)24-19-17-18-21-26(24)30-23-22-28-29-30/h17-19,21-23,25H,2-16,20H2,1H3,(H,31,32).